The van der Waals surface area contributed by atoms with Gasteiger partial charge in [0.25, 0.3) is 11.9 Å². The quantitative estimate of drug-likeness (QED) is 0.424. The van der Waals surface area contributed by atoms with E-state index in [0.717, 1.165) is 18.2 Å². The molecule has 0 fully saturated rings. The van der Waals surface area contributed by atoms with Crippen LogP contribution < -0.4 is 9.50 Å². The van der Waals surface area contributed by atoms with E-state index in [1.54, 1.807) is 13.0 Å². The molecule has 2 heterocycles. The van der Waals surface area contributed by atoms with Crippen LogP contribution in [0.5, 0.6) is 5.75 Å². The van der Waals surface area contributed by atoms with Gasteiger partial charge < -0.3 is 9.50 Å². The van der Waals surface area contributed by atoms with E-state index < -0.39 is 33.3 Å². The van der Waals surface area contributed by atoms with E-state index in [-0.39, 0.29) is 22.4 Å². The fourth-order valence-electron chi connectivity index (χ4n) is 2.36. The van der Waals surface area contributed by atoms with Crippen molar-refractivity contribution in [1.29, 1.82) is 0 Å². The maximum atomic E-state index is 12.6. The Hall–Kier alpha value is -3.26. The molecule has 164 valence electrons. The van der Waals surface area contributed by atoms with Gasteiger partial charge in [-0.25, -0.2) is 15.0 Å². The van der Waals surface area contributed by atoms with Crippen LogP contribution in [0.3, 0.4) is 0 Å². The number of halogens is 4. The summed E-state index contributed by atoms with van der Waals surface area (Å²) < 4.78 is 65.3. The van der Waals surface area contributed by atoms with Crippen molar-refractivity contribution in [1.82, 2.24) is 30.0 Å². The number of rotatable bonds is 6. The zero-order valence-electron chi connectivity index (χ0n) is 15.4. The fraction of sp³-hybridized carbons (Fsp3) is 0.188. The molecule has 3 aromatic rings. The Kier molecular flexibility index (Phi) is 6.13. The number of benzene rings is 1. The Labute approximate surface area is 178 Å². The number of alkyl halides is 3. The summed E-state index contributed by atoms with van der Waals surface area (Å²) in [6.45, 7) is 1.57. The Morgan fingerprint density at radius 3 is 2.52 bits per heavy atom. The normalized spacial score (nSPS) is 12.9. The average Bonchev–Trinajstić information content (AvgIpc) is 3.17. The molecule has 0 saturated heterocycles. The first kappa shape index (κ1) is 22.4. The highest BCUT2D eigenvalue weighted by Gasteiger charge is 2.48. The first-order chi connectivity index (χ1) is 14.5. The number of nitrogens with zero attached hydrogens (tertiary/aromatic N) is 5. The Morgan fingerprint density at radius 1 is 1.19 bits per heavy atom. The maximum absolute atomic E-state index is 12.6. The molecule has 0 saturated carbocycles. The number of hydrogen-bond donors (Lipinski definition) is 1. The van der Waals surface area contributed by atoms with Crippen LogP contribution in [0.25, 0.3) is 5.95 Å². The highest BCUT2D eigenvalue weighted by molar-refractivity contribution is 7.88. The van der Waals surface area contributed by atoms with Gasteiger partial charge in [0, 0.05) is 29.0 Å². The summed E-state index contributed by atoms with van der Waals surface area (Å²) in [4.78, 5) is 24.7. The topological polar surface area (TPSA) is 129 Å². The highest BCUT2D eigenvalue weighted by atomic mass is 35.5. The van der Waals surface area contributed by atoms with E-state index in [0.29, 0.717) is 0 Å². The van der Waals surface area contributed by atoms with Crippen LogP contribution >= 0.6 is 11.6 Å². The predicted octanol–water partition coefficient (Wildman–Crippen LogP) is 2.43. The van der Waals surface area contributed by atoms with Crippen molar-refractivity contribution in [2.45, 2.75) is 18.5 Å². The van der Waals surface area contributed by atoms with Gasteiger partial charge in [-0.15, -0.1) is 0 Å². The summed E-state index contributed by atoms with van der Waals surface area (Å²) >= 11 is 5.80. The molecular formula is C16H12ClF3N6O4S. The van der Waals surface area contributed by atoms with Crippen LogP contribution in [0, 0.1) is 0 Å². The summed E-state index contributed by atoms with van der Waals surface area (Å²) in [6, 6.07) is 3.61. The second-order valence-corrected chi connectivity index (χ2v) is 7.91. The molecule has 1 atom stereocenters. The van der Waals surface area contributed by atoms with Crippen molar-refractivity contribution >= 4 is 27.6 Å². The maximum Gasteiger partial charge on any atom is 0.534 e. The third-order valence-corrected chi connectivity index (χ3v) is 4.87. The van der Waals surface area contributed by atoms with Gasteiger partial charge in [0.15, 0.2) is 5.82 Å². The molecule has 0 aliphatic rings. The number of carbonyl (C=O) groups excluding carboxylic acids is 1. The zero-order chi connectivity index (χ0) is 22.8. The summed E-state index contributed by atoms with van der Waals surface area (Å²) in [7, 11) is -5.93. The first-order valence-corrected chi connectivity index (χ1v) is 10.1. The van der Waals surface area contributed by atoms with Gasteiger partial charge in [-0.05, 0) is 25.1 Å². The van der Waals surface area contributed by atoms with Crippen LogP contribution in [0.2, 0.25) is 5.02 Å². The van der Waals surface area contributed by atoms with E-state index in [1.165, 1.54) is 23.4 Å². The van der Waals surface area contributed by atoms with Gasteiger partial charge in [0.2, 0.25) is 0 Å². The summed E-state index contributed by atoms with van der Waals surface area (Å²) in [6.07, 6.45) is 4.20. The molecule has 3 rings (SSSR count). The minimum Gasteiger partial charge on any atom is -0.376 e. The molecule has 0 spiro atoms. The molecule has 1 unspecified atom stereocenters. The largest absolute Gasteiger partial charge is 0.534 e. The predicted molar refractivity (Wildman–Crippen MR) is 99.9 cm³/mol. The monoisotopic (exact) mass is 476 g/mol. The molecule has 10 nitrogen and oxygen atoms in total. The fourth-order valence-corrected chi connectivity index (χ4v) is 3.03. The van der Waals surface area contributed by atoms with Gasteiger partial charge in [0.05, 0.1) is 6.04 Å². The van der Waals surface area contributed by atoms with Crippen LogP contribution in [0.15, 0.2) is 43.0 Å². The van der Waals surface area contributed by atoms with Crippen molar-refractivity contribution < 1.29 is 30.6 Å². The molecule has 2 aromatic heterocycles. The molecule has 1 N–H and O–H groups in total. The van der Waals surface area contributed by atoms with Crippen LogP contribution in [0.1, 0.15) is 29.1 Å². The molecule has 0 aliphatic carbocycles. The van der Waals surface area contributed by atoms with Crippen molar-refractivity contribution in [2.24, 2.45) is 0 Å². The molecule has 0 bridgehead atoms. The van der Waals surface area contributed by atoms with Crippen LogP contribution in [-0.2, 0) is 10.1 Å². The van der Waals surface area contributed by atoms with Gasteiger partial charge in [-0.1, -0.05) is 11.6 Å². The second-order valence-electron chi connectivity index (χ2n) is 5.93. The summed E-state index contributed by atoms with van der Waals surface area (Å²) in [5.41, 5.74) is -5.88. The van der Waals surface area contributed by atoms with Crippen LogP contribution in [0.4, 0.5) is 13.2 Å². The minimum absolute atomic E-state index is 0.201. The lowest BCUT2D eigenvalue weighted by atomic mass is 10.2. The highest BCUT2D eigenvalue weighted by Crippen LogP contribution is 2.29. The van der Waals surface area contributed by atoms with Crippen molar-refractivity contribution in [2.75, 3.05) is 0 Å². The summed E-state index contributed by atoms with van der Waals surface area (Å²) in [5, 5.41) is 6.33. The molecule has 31 heavy (non-hydrogen) atoms. The van der Waals surface area contributed by atoms with E-state index >= 15 is 0 Å². The number of carbonyl (C=O) groups is 1. The lowest BCUT2D eigenvalue weighted by Crippen LogP contribution is -2.29. The standard InChI is InChI=1S/C16H12ClF3N6O4S/c1-9(13-23-8-24-26(13)15-21-3-2-4-22-15)25-14(27)10-5-11(17)7-12(6-10)30-31(28,29)16(18,19)20/h2-9H,1H3,(H,25,27). The number of amides is 1. The van der Waals surface area contributed by atoms with Crippen molar-refractivity contribution in [3.63, 3.8) is 0 Å². The van der Waals surface area contributed by atoms with E-state index in [2.05, 4.69) is 29.6 Å². The smallest absolute Gasteiger partial charge is 0.376 e. The Balaban J connectivity index is 1.82. The van der Waals surface area contributed by atoms with Gasteiger partial charge in [0.1, 0.15) is 12.1 Å². The van der Waals surface area contributed by atoms with Crippen molar-refractivity contribution in [3.05, 3.63) is 59.4 Å². The summed E-state index contributed by atoms with van der Waals surface area (Å²) in [5.74, 6) is -1.10. The van der Waals surface area contributed by atoms with Crippen molar-refractivity contribution in [3.8, 4) is 11.7 Å². The van der Waals surface area contributed by atoms with Gasteiger partial charge in [-0.3, -0.25) is 4.79 Å². The first-order valence-electron chi connectivity index (χ1n) is 8.27. The van der Waals surface area contributed by atoms with E-state index in [9.17, 15) is 26.4 Å². The second kappa shape index (κ2) is 8.47. The average molecular weight is 477 g/mol. The van der Waals surface area contributed by atoms with E-state index in [4.69, 9.17) is 11.6 Å². The molecule has 1 amide bonds. The minimum atomic E-state index is -5.93. The van der Waals surface area contributed by atoms with Gasteiger partial charge >= 0.3 is 15.6 Å². The zero-order valence-corrected chi connectivity index (χ0v) is 17.0. The molecule has 15 heteroatoms. The number of nitrogens with one attached hydrogen (secondary N) is 1. The molecular weight excluding hydrogens is 465 g/mol. The SMILES string of the molecule is CC(NC(=O)c1cc(Cl)cc(OS(=O)(=O)C(F)(F)F)c1)c1ncnn1-c1ncccn1. The lowest BCUT2D eigenvalue weighted by Gasteiger charge is -2.15. The molecule has 1 aromatic carbocycles. The number of hydrogen-bond acceptors (Lipinski definition) is 8. The van der Waals surface area contributed by atoms with E-state index in [1.807, 2.05) is 0 Å². The Bertz CT molecular complexity index is 1200. The number of aromatic nitrogens is 5. The molecule has 0 aliphatic heterocycles. The Morgan fingerprint density at radius 2 is 1.87 bits per heavy atom. The lowest BCUT2D eigenvalue weighted by molar-refractivity contribution is -0.0500. The van der Waals surface area contributed by atoms with Crippen LogP contribution in [-0.4, -0.2) is 44.6 Å². The van der Waals surface area contributed by atoms with Gasteiger partial charge in [-0.2, -0.15) is 31.4 Å². The third-order valence-electron chi connectivity index (χ3n) is 3.67. The third kappa shape index (κ3) is 5.08. The molecule has 0 radical (unpaired) electrons.